The molecule has 0 aromatic carbocycles. The van der Waals surface area contributed by atoms with Gasteiger partial charge in [0.15, 0.2) is 11.4 Å². The van der Waals surface area contributed by atoms with Crippen molar-refractivity contribution in [1.29, 1.82) is 5.26 Å². The van der Waals surface area contributed by atoms with Crippen LogP contribution in [0.3, 0.4) is 0 Å². The second-order valence-electron chi connectivity index (χ2n) is 5.91. The normalized spacial score (nSPS) is 32.0. The van der Waals surface area contributed by atoms with Gasteiger partial charge in [-0.3, -0.25) is 4.52 Å². The van der Waals surface area contributed by atoms with Gasteiger partial charge in [0.25, 0.3) is 5.67 Å². The highest BCUT2D eigenvalue weighted by Crippen LogP contribution is 2.50. The van der Waals surface area contributed by atoms with E-state index in [4.69, 9.17) is 20.3 Å². The zero-order valence-electron chi connectivity index (χ0n) is 13.4. The van der Waals surface area contributed by atoms with Crippen molar-refractivity contribution in [3.8, 4) is 6.07 Å². The van der Waals surface area contributed by atoms with E-state index >= 15 is 4.39 Å². The number of nitriles is 1. The van der Waals surface area contributed by atoms with Crippen LogP contribution in [0.4, 0.5) is 10.2 Å². The molecule has 11 nitrogen and oxygen atoms in total. The zero-order valence-corrected chi connectivity index (χ0v) is 14.2. The molecule has 5 N–H and O–H groups in total. The molecule has 0 radical (unpaired) electrons. The molecule has 3 heterocycles. The summed E-state index contributed by atoms with van der Waals surface area (Å²) in [6.07, 6.45) is -2.42. The van der Waals surface area contributed by atoms with Gasteiger partial charge in [0.05, 0.1) is 12.3 Å². The molecule has 3 rings (SSSR count). The third-order valence-corrected chi connectivity index (χ3v) is 4.87. The average molecular weight is 387 g/mol. The number of fused-ring (bicyclic) bond motifs is 1. The van der Waals surface area contributed by atoms with Crippen LogP contribution < -0.4 is 5.73 Å². The number of aliphatic hydroxyl groups is 1. The molecule has 1 aliphatic rings. The Labute approximate surface area is 146 Å². The summed E-state index contributed by atoms with van der Waals surface area (Å²) in [5, 5.41) is 23.6. The number of nitrogens with zero attached hydrogens (tertiary/aromatic N) is 4. The number of aliphatic hydroxyl groups excluding tert-OH is 1. The van der Waals surface area contributed by atoms with Gasteiger partial charge in [0, 0.05) is 0 Å². The third kappa shape index (κ3) is 2.66. The van der Waals surface area contributed by atoms with E-state index in [1.807, 2.05) is 0 Å². The van der Waals surface area contributed by atoms with Crippen LogP contribution in [0.5, 0.6) is 0 Å². The van der Waals surface area contributed by atoms with Gasteiger partial charge in [0.1, 0.15) is 30.1 Å². The molecule has 0 amide bonds. The van der Waals surface area contributed by atoms with Crippen LogP contribution in [0.2, 0.25) is 0 Å². The molecule has 0 unspecified atom stereocenters. The summed E-state index contributed by atoms with van der Waals surface area (Å²) in [7, 11) is -4.88. The summed E-state index contributed by atoms with van der Waals surface area (Å²) in [5.41, 5.74) is 1.14. The molecule has 1 fully saturated rings. The Balaban J connectivity index is 2.07. The van der Waals surface area contributed by atoms with Gasteiger partial charge < -0.3 is 25.4 Å². The van der Waals surface area contributed by atoms with E-state index in [-0.39, 0.29) is 11.5 Å². The minimum absolute atomic E-state index is 0.0587. The number of phosphoric ester groups is 1. The maximum atomic E-state index is 15.5. The van der Waals surface area contributed by atoms with E-state index < -0.39 is 37.9 Å². The molecule has 4 atom stereocenters. The van der Waals surface area contributed by atoms with Gasteiger partial charge in [-0.25, -0.2) is 18.5 Å². The van der Waals surface area contributed by atoms with Crippen molar-refractivity contribution in [2.45, 2.75) is 30.4 Å². The Bertz CT molecular complexity index is 943. The topological polar surface area (TPSA) is 176 Å². The quantitative estimate of drug-likeness (QED) is 0.506. The Kier molecular flexibility index (Phi) is 4.27. The smallest absolute Gasteiger partial charge is 0.386 e. The van der Waals surface area contributed by atoms with E-state index in [0.29, 0.717) is 5.52 Å². The molecule has 1 aliphatic heterocycles. The minimum atomic E-state index is -4.88. The Morgan fingerprint density at radius 1 is 1.58 bits per heavy atom. The van der Waals surface area contributed by atoms with Crippen molar-refractivity contribution >= 4 is 19.2 Å². The van der Waals surface area contributed by atoms with Crippen LogP contribution in [-0.4, -0.2) is 54.0 Å². The Hall–Kier alpha value is -2.13. The van der Waals surface area contributed by atoms with Crippen LogP contribution in [0.25, 0.3) is 5.52 Å². The number of nitrogens with two attached hydrogens (primary N) is 1. The molecule has 26 heavy (non-hydrogen) atoms. The summed E-state index contributed by atoms with van der Waals surface area (Å²) < 4.78 is 37.4. The lowest BCUT2D eigenvalue weighted by Crippen LogP contribution is -2.49. The monoisotopic (exact) mass is 387 g/mol. The number of anilines is 1. The summed E-state index contributed by atoms with van der Waals surface area (Å²) in [5.74, 6) is 0.108. The summed E-state index contributed by atoms with van der Waals surface area (Å²) in [6, 6.07) is 4.29. The summed E-state index contributed by atoms with van der Waals surface area (Å²) >= 11 is 0. The first-order valence-corrected chi connectivity index (χ1v) is 8.81. The van der Waals surface area contributed by atoms with Crippen molar-refractivity contribution < 1.29 is 33.1 Å². The molecule has 0 saturated carbocycles. The van der Waals surface area contributed by atoms with Crippen LogP contribution in [-0.2, 0) is 19.4 Å². The molecule has 0 bridgehead atoms. The van der Waals surface area contributed by atoms with Gasteiger partial charge in [-0.1, -0.05) is 0 Å². The fourth-order valence-electron chi connectivity index (χ4n) is 3.02. The van der Waals surface area contributed by atoms with E-state index in [1.54, 1.807) is 0 Å². The van der Waals surface area contributed by atoms with Crippen LogP contribution >= 0.6 is 7.82 Å². The van der Waals surface area contributed by atoms with Crippen molar-refractivity contribution in [1.82, 2.24) is 14.6 Å². The number of alkyl halides is 1. The van der Waals surface area contributed by atoms with Crippen molar-refractivity contribution in [3.05, 3.63) is 24.2 Å². The summed E-state index contributed by atoms with van der Waals surface area (Å²) in [4.78, 5) is 21.4. The third-order valence-electron chi connectivity index (χ3n) is 4.38. The first kappa shape index (κ1) is 18.7. The van der Waals surface area contributed by atoms with Gasteiger partial charge in [-0.15, -0.1) is 0 Å². The SMILES string of the molecule is C[C@@]1(c2ccc3c(N)ncnn23)O[C@H](COP(=O)(O)O)[C@@H](O)[C@]1(F)C#N. The van der Waals surface area contributed by atoms with Gasteiger partial charge in [-0.05, 0) is 19.1 Å². The number of halogens is 1. The number of hydrogen-bond donors (Lipinski definition) is 4. The van der Waals surface area contributed by atoms with Crippen molar-refractivity contribution in [2.24, 2.45) is 0 Å². The number of phosphoric acid groups is 1. The van der Waals surface area contributed by atoms with Crippen molar-refractivity contribution in [2.75, 3.05) is 12.3 Å². The van der Waals surface area contributed by atoms with Crippen molar-refractivity contribution in [3.63, 3.8) is 0 Å². The molecule has 0 spiro atoms. The zero-order chi connectivity index (χ0) is 19.3. The first-order valence-electron chi connectivity index (χ1n) is 7.28. The second-order valence-corrected chi connectivity index (χ2v) is 7.14. The highest BCUT2D eigenvalue weighted by Gasteiger charge is 2.67. The lowest BCUT2D eigenvalue weighted by atomic mass is 9.82. The molecule has 1 saturated heterocycles. The molecular formula is C13H15FN5O6P. The number of hydrogen-bond acceptors (Lipinski definition) is 8. The first-order chi connectivity index (χ1) is 12.0. The number of aromatic nitrogens is 3. The van der Waals surface area contributed by atoms with Crippen LogP contribution in [0.15, 0.2) is 18.5 Å². The average Bonchev–Trinajstić information content (AvgIpc) is 3.08. The van der Waals surface area contributed by atoms with Gasteiger partial charge in [0.2, 0.25) is 0 Å². The molecule has 13 heteroatoms. The maximum Gasteiger partial charge on any atom is 0.469 e. The highest BCUT2D eigenvalue weighted by molar-refractivity contribution is 7.46. The molecule has 2 aromatic rings. The molecule has 0 aliphatic carbocycles. The lowest BCUT2D eigenvalue weighted by molar-refractivity contribution is -0.0885. The van der Waals surface area contributed by atoms with Gasteiger partial charge in [-0.2, -0.15) is 10.4 Å². The summed E-state index contributed by atoms with van der Waals surface area (Å²) in [6.45, 7) is 0.395. The predicted octanol–water partition coefficient (Wildman–Crippen LogP) is -0.372. The number of ether oxygens (including phenoxy) is 1. The minimum Gasteiger partial charge on any atom is -0.386 e. The Morgan fingerprint density at radius 3 is 2.88 bits per heavy atom. The van der Waals surface area contributed by atoms with E-state index in [2.05, 4.69) is 14.6 Å². The molecule has 2 aromatic heterocycles. The largest absolute Gasteiger partial charge is 0.469 e. The van der Waals surface area contributed by atoms with E-state index in [0.717, 1.165) is 6.33 Å². The Morgan fingerprint density at radius 2 is 2.27 bits per heavy atom. The van der Waals surface area contributed by atoms with E-state index in [1.165, 1.54) is 29.6 Å². The fraction of sp³-hybridized carbons (Fsp3) is 0.462. The maximum absolute atomic E-state index is 15.5. The second kappa shape index (κ2) is 5.95. The molecular weight excluding hydrogens is 372 g/mol. The van der Waals surface area contributed by atoms with Gasteiger partial charge >= 0.3 is 7.82 Å². The lowest BCUT2D eigenvalue weighted by Gasteiger charge is -2.31. The highest BCUT2D eigenvalue weighted by atomic mass is 31.2. The standard InChI is InChI=1S/C13H15FN5O6P/c1-12(9-3-2-7-11(16)17-6-18-19(7)9)13(14,5-15)10(20)8(25-12)4-24-26(21,22)23/h2-3,6,8,10,20H,4H2,1H3,(H2,16,17,18)(H2,21,22,23)/t8-,10-,12+,13-/m1/s1. The predicted molar refractivity (Wildman–Crippen MR) is 83.1 cm³/mol. The van der Waals surface area contributed by atoms with Crippen LogP contribution in [0.1, 0.15) is 12.6 Å². The van der Waals surface area contributed by atoms with Crippen LogP contribution in [0, 0.1) is 11.3 Å². The van der Waals surface area contributed by atoms with E-state index in [9.17, 15) is 14.9 Å². The number of rotatable bonds is 4. The molecule has 140 valence electrons. The fourth-order valence-corrected chi connectivity index (χ4v) is 3.36. The number of nitrogen functional groups attached to an aromatic ring is 1.